The lowest BCUT2D eigenvalue weighted by Gasteiger charge is -2.31. The van der Waals surface area contributed by atoms with Crippen molar-refractivity contribution < 1.29 is 13.2 Å². The zero-order chi connectivity index (χ0) is 17.4. The zero-order valence-electron chi connectivity index (χ0n) is 13.8. The van der Waals surface area contributed by atoms with Crippen LogP contribution in [0.1, 0.15) is 25.7 Å². The Labute approximate surface area is 147 Å². The van der Waals surface area contributed by atoms with Crippen LogP contribution in [0.2, 0.25) is 0 Å². The summed E-state index contributed by atoms with van der Waals surface area (Å²) < 4.78 is 27.4. The van der Waals surface area contributed by atoms with Gasteiger partial charge in [-0.25, -0.2) is 8.42 Å². The van der Waals surface area contributed by atoms with Crippen molar-refractivity contribution in [1.82, 2.24) is 5.32 Å². The Morgan fingerprint density at radius 1 is 1.00 bits per heavy atom. The lowest BCUT2D eigenvalue weighted by molar-refractivity contribution is -0.120. The highest BCUT2D eigenvalue weighted by atomic mass is 32.2. The number of anilines is 1. The van der Waals surface area contributed by atoms with E-state index in [0.717, 1.165) is 31.2 Å². The molecular formula is C19H20N2O3S. The van der Waals surface area contributed by atoms with Crippen LogP contribution in [0.4, 0.5) is 5.69 Å². The highest BCUT2D eigenvalue weighted by molar-refractivity contribution is 7.93. The van der Waals surface area contributed by atoms with Crippen LogP contribution in [-0.4, -0.2) is 26.9 Å². The van der Waals surface area contributed by atoms with Crippen LogP contribution >= 0.6 is 0 Å². The van der Waals surface area contributed by atoms with Gasteiger partial charge in [-0.2, -0.15) is 0 Å². The van der Waals surface area contributed by atoms with Crippen LogP contribution in [0.15, 0.2) is 53.4 Å². The quantitative estimate of drug-likeness (QED) is 0.919. The van der Waals surface area contributed by atoms with Crippen molar-refractivity contribution in [2.45, 2.75) is 36.6 Å². The monoisotopic (exact) mass is 356 g/mol. The fourth-order valence-electron chi connectivity index (χ4n) is 3.73. The summed E-state index contributed by atoms with van der Waals surface area (Å²) in [6.07, 6.45) is 4.17. The molecule has 2 aromatic carbocycles. The van der Waals surface area contributed by atoms with E-state index in [1.165, 1.54) is 4.31 Å². The van der Waals surface area contributed by atoms with Gasteiger partial charge in [-0.15, -0.1) is 0 Å². The highest BCUT2D eigenvalue weighted by Gasteiger charge is 2.35. The highest BCUT2D eigenvalue weighted by Crippen LogP contribution is 2.42. The molecule has 0 atom stereocenters. The minimum atomic E-state index is -3.75. The smallest absolute Gasteiger partial charge is 0.265 e. The third-order valence-corrected chi connectivity index (χ3v) is 6.74. The van der Waals surface area contributed by atoms with Gasteiger partial charge in [-0.1, -0.05) is 49.2 Å². The minimum Gasteiger partial charge on any atom is -0.352 e. The van der Waals surface area contributed by atoms with Crippen molar-refractivity contribution in [3.8, 4) is 11.1 Å². The molecule has 4 rings (SSSR count). The van der Waals surface area contributed by atoms with Gasteiger partial charge >= 0.3 is 0 Å². The fourth-order valence-corrected chi connectivity index (χ4v) is 5.37. The predicted molar refractivity (Wildman–Crippen MR) is 96.8 cm³/mol. The summed E-state index contributed by atoms with van der Waals surface area (Å²) >= 11 is 0. The van der Waals surface area contributed by atoms with Gasteiger partial charge in [0.25, 0.3) is 10.0 Å². The van der Waals surface area contributed by atoms with E-state index in [9.17, 15) is 13.2 Å². The van der Waals surface area contributed by atoms with Crippen molar-refractivity contribution in [2.75, 3.05) is 10.8 Å². The third kappa shape index (κ3) is 2.80. The molecule has 0 spiro atoms. The Bertz CT molecular complexity index is 918. The molecule has 5 nitrogen and oxygen atoms in total. The molecule has 2 aromatic rings. The summed E-state index contributed by atoms with van der Waals surface area (Å²) in [5.74, 6) is -0.246. The molecule has 1 N–H and O–H groups in total. The molecule has 2 aliphatic rings. The molecule has 1 saturated carbocycles. The lowest BCUT2D eigenvalue weighted by Crippen LogP contribution is -2.44. The number of rotatable bonds is 3. The number of benzene rings is 2. The van der Waals surface area contributed by atoms with E-state index in [1.54, 1.807) is 24.3 Å². The second-order valence-corrected chi connectivity index (χ2v) is 8.40. The maximum Gasteiger partial charge on any atom is 0.265 e. The summed E-state index contributed by atoms with van der Waals surface area (Å²) in [6.45, 7) is -0.190. The number of carbonyl (C=O) groups excluding carboxylic acids is 1. The van der Waals surface area contributed by atoms with E-state index >= 15 is 0 Å². The van der Waals surface area contributed by atoms with Crippen LogP contribution in [0.5, 0.6) is 0 Å². The first-order chi connectivity index (χ1) is 12.1. The van der Waals surface area contributed by atoms with E-state index in [-0.39, 0.29) is 23.4 Å². The van der Waals surface area contributed by atoms with Crippen molar-refractivity contribution in [3.05, 3.63) is 48.5 Å². The van der Waals surface area contributed by atoms with Crippen LogP contribution in [-0.2, 0) is 14.8 Å². The maximum absolute atomic E-state index is 13.1. The molecule has 1 aliphatic carbocycles. The number of para-hydroxylation sites is 1. The first-order valence-electron chi connectivity index (χ1n) is 8.58. The predicted octanol–water partition coefficient (Wildman–Crippen LogP) is 2.92. The molecule has 0 unspecified atom stereocenters. The average Bonchev–Trinajstić information content (AvgIpc) is 3.12. The largest absolute Gasteiger partial charge is 0.352 e. The van der Waals surface area contributed by atoms with Crippen molar-refractivity contribution >= 4 is 21.6 Å². The molecule has 0 bridgehead atoms. The second-order valence-electron chi connectivity index (χ2n) is 6.57. The topological polar surface area (TPSA) is 66.5 Å². The number of hydrogen-bond acceptors (Lipinski definition) is 3. The van der Waals surface area contributed by atoms with Gasteiger partial charge < -0.3 is 5.32 Å². The molecule has 1 aliphatic heterocycles. The van der Waals surface area contributed by atoms with Crippen LogP contribution < -0.4 is 9.62 Å². The first-order valence-corrected chi connectivity index (χ1v) is 10.0. The van der Waals surface area contributed by atoms with Crippen LogP contribution in [0.3, 0.4) is 0 Å². The average molecular weight is 356 g/mol. The molecule has 25 heavy (non-hydrogen) atoms. The van der Waals surface area contributed by atoms with Crippen LogP contribution in [0.25, 0.3) is 11.1 Å². The molecular weight excluding hydrogens is 336 g/mol. The molecule has 0 aromatic heterocycles. The number of nitrogens with zero attached hydrogens (tertiary/aromatic N) is 1. The maximum atomic E-state index is 13.1. The summed E-state index contributed by atoms with van der Waals surface area (Å²) in [6, 6.07) is 14.4. The third-order valence-electron chi connectivity index (χ3n) is 4.93. The molecule has 1 heterocycles. The normalized spacial score (nSPS) is 18.5. The molecule has 0 saturated heterocycles. The van der Waals surface area contributed by atoms with E-state index in [1.807, 2.05) is 24.3 Å². The molecule has 1 amide bonds. The van der Waals surface area contributed by atoms with Gasteiger partial charge in [-0.05, 0) is 25.0 Å². The number of amides is 1. The van der Waals surface area contributed by atoms with Gasteiger partial charge in [0.05, 0.1) is 10.6 Å². The number of sulfonamides is 1. The Morgan fingerprint density at radius 3 is 2.40 bits per heavy atom. The molecule has 130 valence electrons. The Kier molecular flexibility index (Phi) is 4.00. The minimum absolute atomic E-state index is 0.169. The summed E-state index contributed by atoms with van der Waals surface area (Å²) in [4.78, 5) is 12.7. The Hall–Kier alpha value is -2.34. The van der Waals surface area contributed by atoms with Crippen molar-refractivity contribution in [3.63, 3.8) is 0 Å². The van der Waals surface area contributed by atoms with E-state index in [0.29, 0.717) is 11.3 Å². The Balaban J connectivity index is 1.71. The SMILES string of the molecule is O=C(CN1c2ccccc2-c2ccccc2S1(=O)=O)NC1CCCC1. The zero-order valence-corrected chi connectivity index (χ0v) is 14.6. The number of fused-ring (bicyclic) bond motifs is 3. The molecule has 1 fully saturated rings. The number of carbonyl (C=O) groups is 1. The second kappa shape index (κ2) is 6.19. The van der Waals surface area contributed by atoms with E-state index in [4.69, 9.17) is 0 Å². The van der Waals surface area contributed by atoms with Gasteiger partial charge in [0.1, 0.15) is 6.54 Å². The first kappa shape index (κ1) is 16.1. The molecule has 0 radical (unpaired) electrons. The number of hydrogen-bond donors (Lipinski definition) is 1. The van der Waals surface area contributed by atoms with Gasteiger partial charge in [0.15, 0.2) is 0 Å². The summed E-state index contributed by atoms with van der Waals surface area (Å²) in [5.41, 5.74) is 2.08. The lowest BCUT2D eigenvalue weighted by atomic mass is 10.0. The van der Waals surface area contributed by atoms with Gasteiger partial charge in [0.2, 0.25) is 5.91 Å². The van der Waals surface area contributed by atoms with Crippen molar-refractivity contribution in [2.24, 2.45) is 0 Å². The van der Waals surface area contributed by atoms with E-state index in [2.05, 4.69) is 5.32 Å². The van der Waals surface area contributed by atoms with Gasteiger partial charge in [-0.3, -0.25) is 9.10 Å². The van der Waals surface area contributed by atoms with Crippen LogP contribution in [0, 0.1) is 0 Å². The molecule has 6 heteroatoms. The summed E-state index contributed by atoms with van der Waals surface area (Å²) in [7, 11) is -3.75. The summed E-state index contributed by atoms with van der Waals surface area (Å²) in [5, 5.41) is 2.97. The van der Waals surface area contributed by atoms with E-state index < -0.39 is 10.0 Å². The van der Waals surface area contributed by atoms with Crippen molar-refractivity contribution in [1.29, 1.82) is 0 Å². The standard InChI is InChI=1S/C19H20N2O3S/c22-19(20-14-7-1-2-8-14)13-21-17-11-5-3-9-15(17)16-10-4-6-12-18(16)25(21,23)24/h3-6,9-12,14H,1-2,7-8,13H2,(H,20,22). The fraction of sp³-hybridized carbons (Fsp3) is 0.316. The Morgan fingerprint density at radius 2 is 1.64 bits per heavy atom. The van der Waals surface area contributed by atoms with Gasteiger partial charge in [0, 0.05) is 17.2 Å². The number of nitrogens with one attached hydrogen (secondary N) is 1.